The molecule has 0 unspecified atom stereocenters. The van der Waals surface area contributed by atoms with E-state index in [2.05, 4.69) is 33.4 Å². The van der Waals surface area contributed by atoms with Crippen LogP contribution in [0.3, 0.4) is 0 Å². The summed E-state index contributed by atoms with van der Waals surface area (Å²) in [6.07, 6.45) is 4.02. The molecule has 1 N–H and O–H groups in total. The van der Waals surface area contributed by atoms with E-state index in [1.165, 1.54) is 0 Å². The number of hydrogen-bond acceptors (Lipinski definition) is 2. The molecule has 4 heteroatoms. The van der Waals surface area contributed by atoms with Gasteiger partial charge < -0.3 is 10.1 Å². The highest BCUT2D eigenvalue weighted by Crippen LogP contribution is 2.42. The fourth-order valence-electron chi connectivity index (χ4n) is 3.42. The number of ether oxygens (including phenoxy) is 1. The topological polar surface area (TPSA) is 38.3 Å². The summed E-state index contributed by atoms with van der Waals surface area (Å²) in [5.74, 6) is 0.909. The van der Waals surface area contributed by atoms with E-state index < -0.39 is 5.41 Å². The zero-order valence-corrected chi connectivity index (χ0v) is 15.2. The summed E-state index contributed by atoms with van der Waals surface area (Å²) in [5, 5.41) is 3.90. The van der Waals surface area contributed by atoms with Crippen LogP contribution in [-0.4, -0.2) is 17.8 Å². The summed E-state index contributed by atoms with van der Waals surface area (Å²) in [7, 11) is 0. The first kappa shape index (κ1) is 17.0. The Hall–Kier alpha value is -1.81. The van der Waals surface area contributed by atoms with Crippen LogP contribution in [0.1, 0.15) is 31.2 Å². The van der Waals surface area contributed by atoms with E-state index in [1.807, 2.05) is 42.5 Å². The van der Waals surface area contributed by atoms with Crippen molar-refractivity contribution in [1.82, 2.24) is 0 Å². The smallest absolute Gasteiger partial charge is 0.235 e. The third-order valence-corrected chi connectivity index (χ3v) is 5.00. The molecule has 0 atom stereocenters. The zero-order valence-electron chi connectivity index (χ0n) is 13.6. The first-order valence-corrected chi connectivity index (χ1v) is 9.52. The molecule has 1 aliphatic carbocycles. The van der Waals surface area contributed by atoms with E-state index in [0.29, 0.717) is 6.61 Å². The van der Waals surface area contributed by atoms with Crippen molar-refractivity contribution in [3.05, 3.63) is 60.2 Å². The van der Waals surface area contributed by atoms with Crippen LogP contribution in [0, 0.1) is 0 Å². The summed E-state index contributed by atoms with van der Waals surface area (Å²) < 4.78 is 5.54. The molecular formula is C20H22BrNO2. The molecule has 0 aromatic heterocycles. The second-order valence-electron chi connectivity index (χ2n) is 6.17. The van der Waals surface area contributed by atoms with Gasteiger partial charge in [-0.05, 0) is 42.7 Å². The zero-order chi connectivity index (χ0) is 16.8. The lowest BCUT2D eigenvalue weighted by Gasteiger charge is -2.28. The molecule has 0 heterocycles. The largest absolute Gasteiger partial charge is 0.493 e. The van der Waals surface area contributed by atoms with Gasteiger partial charge in [-0.3, -0.25) is 4.79 Å². The minimum Gasteiger partial charge on any atom is -0.493 e. The van der Waals surface area contributed by atoms with Gasteiger partial charge in [0.1, 0.15) is 5.75 Å². The van der Waals surface area contributed by atoms with Gasteiger partial charge >= 0.3 is 0 Å². The SMILES string of the molecule is O=C(Nc1ccc(OCCBr)cc1)C1(c2ccccc2)CCCC1. The van der Waals surface area contributed by atoms with Gasteiger partial charge in [0, 0.05) is 11.0 Å². The maximum atomic E-state index is 13.0. The lowest BCUT2D eigenvalue weighted by Crippen LogP contribution is -2.37. The third-order valence-electron chi connectivity index (χ3n) is 4.68. The Morgan fingerprint density at radius 3 is 2.33 bits per heavy atom. The number of anilines is 1. The van der Waals surface area contributed by atoms with Crippen molar-refractivity contribution < 1.29 is 9.53 Å². The van der Waals surface area contributed by atoms with Gasteiger partial charge in [-0.25, -0.2) is 0 Å². The highest BCUT2D eigenvalue weighted by Gasteiger charge is 2.42. The van der Waals surface area contributed by atoms with Crippen LogP contribution in [0.4, 0.5) is 5.69 Å². The minimum atomic E-state index is -0.396. The van der Waals surface area contributed by atoms with Crippen molar-refractivity contribution >= 4 is 27.5 Å². The molecule has 1 fully saturated rings. The monoisotopic (exact) mass is 387 g/mol. The van der Waals surface area contributed by atoms with Gasteiger partial charge in [0.2, 0.25) is 5.91 Å². The summed E-state index contributed by atoms with van der Waals surface area (Å²) in [5.41, 5.74) is 1.54. The fourth-order valence-corrected chi connectivity index (χ4v) is 3.59. The molecule has 0 saturated heterocycles. The Labute approximate surface area is 151 Å². The third kappa shape index (κ3) is 3.64. The second-order valence-corrected chi connectivity index (χ2v) is 6.96. The van der Waals surface area contributed by atoms with Crippen LogP contribution in [0.15, 0.2) is 54.6 Å². The molecular weight excluding hydrogens is 366 g/mol. The standard InChI is InChI=1S/C20H22BrNO2/c21-14-15-24-18-10-8-17(9-11-18)22-19(23)20(12-4-5-13-20)16-6-2-1-3-7-16/h1-3,6-11H,4-5,12-15H2,(H,22,23). The van der Waals surface area contributed by atoms with E-state index in [9.17, 15) is 4.79 Å². The van der Waals surface area contributed by atoms with E-state index in [-0.39, 0.29) is 5.91 Å². The summed E-state index contributed by atoms with van der Waals surface area (Å²) >= 11 is 3.34. The van der Waals surface area contributed by atoms with Gasteiger partial charge in [-0.2, -0.15) is 0 Å². The lowest BCUT2D eigenvalue weighted by atomic mass is 9.78. The molecule has 0 spiro atoms. The fraction of sp³-hybridized carbons (Fsp3) is 0.350. The number of halogens is 1. The summed E-state index contributed by atoms with van der Waals surface area (Å²) in [6.45, 7) is 0.628. The van der Waals surface area contributed by atoms with E-state index in [1.54, 1.807) is 0 Å². The van der Waals surface area contributed by atoms with Crippen molar-refractivity contribution in [2.45, 2.75) is 31.1 Å². The predicted molar refractivity (Wildman–Crippen MR) is 101 cm³/mol. The van der Waals surface area contributed by atoms with Gasteiger partial charge in [-0.1, -0.05) is 59.1 Å². The Morgan fingerprint density at radius 2 is 1.71 bits per heavy atom. The van der Waals surface area contributed by atoms with Gasteiger partial charge in [0.25, 0.3) is 0 Å². The number of carbonyl (C=O) groups is 1. The molecule has 3 nitrogen and oxygen atoms in total. The molecule has 2 aromatic rings. The number of rotatable bonds is 6. The normalized spacial score (nSPS) is 15.9. The molecule has 3 rings (SSSR count). The van der Waals surface area contributed by atoms with Gasteiger partial charge in [0.05, 0.1) is 12.0 Å². The molecule has 0 bridgehead atoms. The van der Waals surface area contributed by atoms with Gasteiger partial charge in [0.15, 0.2) is 0 Å². The maximum absolute atomic E-state index is 13.0. The molecule has 0 radical (unpaired) electrons. The summed E-state index contributed by atoms with van der Waals surface area (Å²) in [4.78, 5) is 13.0. The molecule has 0 aliphatic heterocycles. The van der Waals surface area contributed by atoms with Crippen LogP contribution in [0.2, 0.25) is 0 Å². The highest BCUT2D eigenvalue weighted by molar-refractivity contribution is 9.09. The number of carbonyl (C=O) groups excluding carboxylic acids is 1. The maximum Gasteiger partial charge on any atom is 0.235 e. The van der Waals surface area contributed by atoms with Crippen molar-refractivity contribution in [3.63, 3.8) is 0 Å². The van der Waals surface area contributed by atoms with E-state index in [4.69, 9.17) is 4.74 Å². The lowest BCUT2D eigenvalue weighted by molar-refractivity contribution is -0.121. The van der Waals surface area contributed by atoms with Crippen molar-refractivity contribution in [2.75, 3.05) is 17.3 Å². The van der Waals surface area contributed by atoms with E-state index in [0.717, 1.165) is 48.0 Å². The van der Waals surface area contributed by atoms with E-state index >= 15 is 0 Å². The number of nitrogens with one attached hydrogen (secondary N) is 1. The van der Waals surface area contributed by atoms with Crippen molar-refractivity contribution in [1.29, 1.82) is 0 Å². The van der Waals surface area contributed by atoms with Crippen LogP contribution < -0.4 is 10.1 Å². The van der Waals surface area contributed by atoms with Crippen LogP contribution in [0.5, 0.6) is 5.75 Å². The number of hydrogen-bond donors (Lipinski definition) is 1. The first-order chi connectivity index (χ1) is 11.7. The minimum absolute atomic E-state index is 0.0975. The quantitative estimate of drug-likeness (QED) is 0.714. The molecule has 1 amide bonds. The number of amides is 1. The summed E-state index contributed by atoms with van der Waals surface area (Å²) in [6, 6.07) is 17.7. The van der Waals surface area contributed by atoms with Crippen LogP contribution in [-0.2, 0) is 10.2 Å². The van der Waals surface area contributed by atoms with Crippen molar-refractivity contribution in [3.8, 4) is 5.75 Å². The Balaban J connectivity index is 1.75. The Kier molecular flexibility index (Phi) is 5.56. The highest BCUT2D eigenvalue weighted by atomic mass is 79.9. The Morgan fingerprint density at radius 1 is 1.04 bits per heavy atom. The molecule has 24 heavy (non-hydrogen) atoms. The average molecular weight is 388 g/mol. The predicted octanol–water partition coefficient (Wildman–Crippen LogP) is 4.91. The first-order valence-electron chi connectivity index (χ1n) is 8.40. The molecule has 1 aliphatic rings. The van der Waals surface area contributed by atoms with Crippen LogP contribution in [0.25, 0.3) is 0 Å². The molecule has 2 aromatic carbocycles. The number of alkyl halides is 1. The molecule has 1 saturated carbocycles. The van der Waals surface area contributed by atoms with Gasteiger partial charge in [-0.15, -0.1) is 0 Å². The second kappa shape index (κ2) is 7.84. The van der Waals surface area contributed by atoms with Crippen molar-refractivity contribution in [2.24, 2.45) is 0 Å². The van der Waals surface area contributed by atoms with Crippen LogP contribution >= 0.6 is 15.9 Å². The molecule has 126 valence electrons. The average Bonchev–Trinajstić information content (AvgIpc) is 3.13. The Bertz CT molecular complexity index is 664. The number of benzene rings is 2.